The first-order valence-electron chi connectivity index (χ1n) is 2.89. The van der Waals surface area contributed by atoms with Gasteiger partial charge in [-0.05, 0) is 19.9 Å². The Hall–Kier alpha value is -0.801. The van der Waals surface area contributed by atoms with Crippen LogP contribution in [0.5, 0.6) is 0 Å². The van der Waals surface area contributed by atoms with Crippen LogP contribution in [0, 0.1) is 0 Å². The van der Waals surface area contributed by atoms with Gasteiger partial charge < -0.3 is 15.0 Å². The summed E-state index contributed by atoms with van der Waals surface area (Å²) in [7, 11) is 0. The van der Waals surface area contributed by atoms with Crippen molar-refractivity contribution in [2.75, 3.05) is 0 Å². The van der Waals surface area contributed by atoms with Gasteiger partial charge in [-0.25, -0.2) is 0 Å². The van der Waals surface area contributed by atoms with Gasteiger partial charge in [0.15, 0.2) is 5.78 Å². The fourth-order valence-corrected chi connectivity index (χ4v) is 0.286. The fraction of sp³-hybridized carbons (Fsp3) is 0.429. The van der Waals surface area contributed by atoms with E-state index >= 15 is 0 Å². The van der Waals surface area contributed by atoms with Gasteiger partial charge in [0.2, 0.25) is 0 Å². The summed E-state index contributed by atoms with van der Waals surface area (Å²) in [5.41, 5.74) is 0. The maximum atomic E-state index is 9.98. The van der Waals surface area contributed by atoms with Crippen LogP contribution in [0.15, 0.2) is 11.8 Å². The number of hydrogen-bond donors (Lipinski definition) is 0. The van der Waals surface area contributed by atoms with E-state index in [-0.39, 0.29) is 28.6 Å². The average molecular weight is 213 g/mol. The summed E-state index contributed by atoms with van der Waals surface area (Å²) in [6.45, 7) is 3.67. The van der Waals surface area contributed by atoms with Crippen LogP contribution in [0.2, 0.25) is 0 Å². The van der Waals surface area contributed by atoms with Crippen LogP contribution in [-0.4, -0.2) is 11.8 Å². The number of hydrogen-bond acceptors (Lipinski definition) is 4. The van der Waals surface area contributed by atoms with Gasteiger partial charge in [0.25, 0.3) is 0 Å². The number of aliphatic carboxylic acids is 1. The van der Waals surface area contributed by atoms with Gasteiger partial charge in [-0.3, -0.25) is 4.79 Å². The predicted octanol–water partition coefficient (Wildman–Crippen LogP) is -1.41. The zero-order valence-electron chi connectivity index (χ0n) is 7.09. The van der Waals surface area contributed by atoms with E-state index in [1.165, 1.54) is 13.8 Å². The van der Waals surface area contributed by atoms with E-state index in [2.05, 4.69) is 0 Å². The second kappa shape index (κ2) is 10.2. The Labute approximate surface area is 81.8 Å². The summed E-state index contributed by atoms with van der Waals surface area (Å²) in [6.07, 6.45) is 1.06. The second-order valence-corrected chi connectivity index (χ2v) is 1.86. The molecule has 0 aromatic carbocycles. The third kappa shape index (κ3) is 60.4. The Morgan fingerprint density at radius 3 is 1.33 bits per heavy atom. The normalized spacial score (nSPS) is 8.75. The van der Waals surface area contributed by atoms with Gasteiger partial charge in [-0.15, -0.1) is 5.76 Å². The molecule has 0 saturated carbocycles. The minimum Gasteiger partial charge on any atom is -0.876 e. The fourth-order valence-electron chi connectivity index (χ4n) is 0.286. The van der Waals surface area contributed by atoms with Crippen molar-refractivity contribution in [1.82, 2.24) is 0 Å². The quantitative estimate of drug-likeness (QED) is 0.304. The van der Waals surface area contributed by atoms with Crippen molar-refractivity contribution < 1.29 is 36.9 Å². The summed E-state index contributed by atoms with van der Waals surface area (Å²) in [6, 6.07) is 0. The molecule has 4 nitrogen and oxygen atoms in total. The maximum Gasteiger partial charge on any atom is 2.00 e. The largest absolute Gasteiger partial charge is 2.00 e. The van der Waals surface area contributed by atoms with E-state index in [9.17, 15) is 9.90 Å². The second-order valence-electron chi connectivity index (χ2n) is 1.86. The summed E-state index contributed by atoms with van der Waals surface area (Å²) >= 11 is 0. The standard InChI is InChI=1S/C5H8O2.C2H4O2.Mn/c1-4(6)3-5(2)7;1-2(3)4;/h3,6H,1-2H3;1H3,(H,3,4);/q;;+2/p-2/b4-3-;;. The molecule has 0 amide bonds. The summed E-state index contributed by atoms with van der Waals surface area (Å²) < 4.78 is 0. The van der Waals surface area contributed by atoms with Crippen LogP contribution >= 0.6 is 0 Å². The molecule has 0 spiro atoms. The molecule has 0 atom stereocenters. The molecular weight excluding hydrogens is 203 g/mol. The van der Waals surface area contributed by atoms with E-state index in [4.69, 9.17) is 9.90 Å². The first-order chi connectivity index (χ1) is 4.86. The molecule has 0 aliphatic carbocycles. The molecule has 0 aromatic rings. The number of carbonyl (C=O) groups is 2. The summed E-state index contributed by atoms with van der Waals surface area (Å²) in [5.74, 6) is -1.46. The van der Waals surface area contributed by atoms with Crippen molar-refractivity contribution in [1.29, 1.82) is 0 Å². The molecule has 5 heteroatoms. The molecule has 0 unspecified atom stereocenters. The molecule has 0 saturated heterocycles. The first kappa shape index (κ1) is 17.3. The minimum atomic E-state index is -1.08. The van der Waals surface area contributed by atoms with E-state index < -0.39 is 5.97 Å². The number of carboxylic acid groups (broad SMARTS) is 1. The average Bonchev–Trinajstić information content (AvgIpc) is 1.56. The molecule has 0 aliphatic rings. The van der Waals surface area contributed by atoms with E-state index in [1.807, 2.05) is 0 Å². The van der Waals surface area contributed by atoms with Crippen molar-refractivity contribution in [3.63, 3.8) is 0 Å². The number of ketones is 1. The Morgan fingerprint density at radius 2 is 1.33 bits per heavy atom. The zero-order valence-corrected chi connectivity index (χ0v) is 8.27. The monoisotopic (exact) mass is 213 g/mol. The van der Waals surface area contributed by atoms with E-state index in [0.717, 1.165) is 13.0 Å². The summed E-state index contributed by atoms with van der Waals surface area (Å²) in [4.78, 5) is 18.9. The zero-order chi connectivity index (χ0) is 9.44. The molecule has 0 heterocycles. The Kier molecular flexibility index (Phi) is 14.7. The van der Waals surface area contributed by atoms with Crippen molar-refractivity contribution >= 4 is 11.8 Å². The van der Waals surface area contributed by atoms with Gasteiger partial charge in [0.1, 0.15) is 0 Å². The van der Waals surface area contributed by atoms with Crippen LogP contribution in [0.4, 0.5) is 0 Å². The van der Waals surface area contributed by atoms with Gasteiger partial charge >= 0.3 is 17.1 Å². The SMILES string of the molecule is CC(=O)/C=C(/C)[O-].CC(=O)[O-].[Mn+2]. The molecule has 0 aliphatic heterocycles. The number of allylic oxidation sites excluding steroid dienone is 2. The number of carboxylic acids is 1. The van der Waals surface area contributed by atoms with Crippen LogP contribution in [-0.2, 0) is 26.7 Å². The van der Waals surface area contributed by atoms with E-state index in [0.29, 0.717) is 0 Å². The molecular formula is C7H10MnO4. The minimum absolute atomic E-state index is 0. The molecule has 0 fully saturated rings. The maximum absolute atomic E-state index is 9.98. The topological polar surface area (TPSA) is 80.3 Å². The third-order valence-electron chi connectivity index (χ3n) is 0.407. The first-order valence-corrected chi connectivity index (χ1v) is 2.89. The van der Waals surface area contributed by atoms with Gasteiger partial charge in [0.05, 0.1) is 0 Å². The van der Waals surface area contributed by atoms with Gasteiger partial charge in [0, 0.05) is 5.97 Å². The van der Waals surface area contributed by atoms with Gasteiger partial charge in [-0.1, -0.05) is 6.92 Å². The predicted molar refractivity (Wildman–Crippen MR) is 35.1 cm³/mol. The molecule has 0 rings (SSSR count). The Morgan fingerprint density at radius 1 is 1.08 bits per heavy atom. The Balaban J connectivity index is -0.000000142. The van der Waals surface area contributed by atoms with Crippen molar-refractivity contribution in [2.24, 2.45) is 0 Å². The van der Waals surface area contributed by atoms with Crippen molar-refractivity contribution in [2.45, 2.75) is 20.8 Å². The molecule has 12 heavy (non-hydrogen) atoms. The molecule has 69 valence electrons. The van der Waals surface area contributed by atoms with Crippen LogP contribution in [0.3, 0.4) is 0 Å². The molecule has 0 N–H and O–H groups in total. The van der Waals surface area contributed by atoms with Crippen LogP contribution in [0.1, 0.15) is 20.8 Å². The van der Waals surface area contributed by atoms with Crippen LogP contribution in [0.25, 0.3) is 0 Å². The molecule has 0 bridgehead atoms. The molecule has 1 radical (unpaired) electrons. The smallest absolute Gasteiger partial charge is 0.876 e. The van der Waals surface area contributed by atoms with Gasteiger partial charge in [-0.2, -0.15) is 0 Å². The number of rotatable bonds is 1. The number of carbonyl (C=O) groups excluding carboxylic acids is 2. The van der Waals surface area contributed by atoms with E-state index in [1.54, 1.807) is 0 Å². The summed E-state index contributed by atoms with van der Waals surface area (Å²) in [5, 5.41) is 18.9. The third-order valence-corrected chi connectivity index (χ3v) is 0.407. The van der Waals surface area contributed by atoms with Crippen LogP contribution < -0.4 is 10.2 Å². The van der Waals surface area contributed by atoms with Crippen molar-refractivity contribution in [3.8, 4) is 0 Å². The Bertz CT molecular complexity index is 166. The molecule has 0 aromatic heterocycles. The van der Waals surface area contributed by atoms with Crippen molar-refractivity contribution in [3.05, 3.63) is 11.8 Å².